The third-order valence-corrected chi connectivity index (χ3v) is 5.76. The number of aromatic carboxylic acids is 1. The van der Waals surface area contributed by atoms with Crippen molar-refractivity contribution in [1.29, 1.82) is 0 Å². The summed E-state index contributed by atoms with van der Waals surface area (Å²) in [6, 6.07) is 4.55. The second-order valence-corrected chi connectivity index (χ2v) is 7.85. The van der Waals surface area contributed by atoms with E-state index in [1.165, 1.54) is 29.7 Å². The Hall–Kier alpha value is -1.49. The van der Waals surface area contributed by atoms with Gasteiger partial charge in [-0.25, -0.2) is 9.78 Å². The number of carboxylic acid groups (broad SMARTS) is 1. The van der Waals surface area contributed by atoms with Crippen molar-refractivity contribution < 1.29 is 18.9 Å². The number of rotatable bonds is 7. The third-order valence-electron chi connectivity index (χ3n) is 2.96. The molecular weight excluding hydrogens is 382 g/mol. The lowest BCUT2D eigenvalue weighted by Crippen LogP contribution is -2.33. The maximum atomic E-state index is 12.2. The van der Waals surface area contributed by atoms with Crippen LogP contribution in [0.5, 0.6) is 0 Å². The van der Waals surface area contributed by atoms with E-state index in [-0.39, 0.29) is 11.5 Å². The van der Waals surface area contributed by atoms with E-state index in [2.05, 4.69) is 10.3 Å². The Bertz CT molecular complexity index is 764. The number of benzene rings is 1. The van der Waals surface area contributed by atoms with Gasteiger partial charge in [-0.2, -0.15) is 0 Å². The van der Waals surface area contributed by atoms with Gasteiger partial charge in [-0.05, 0) is 18.2 Å². The summed E-state index contributed by atoms with van der Waals surface area (Å²) in [6.45, 7) is 4.38. The zero-order chi connectivity index (χ0) is 19.0. The van der Waals surface area contributed by atoms with Crippen LogP contribution in [-0.4, -0.2) is 44.7 Å². The highest BCUT2D eigenvalue weighted by Gasteiger charge is 2.28. The lowest BCUT2D eigenvalue weighted by atomic mass is 10.2. The smallest absolute Gasteiger partial charge is 0.335 e. The minimum Gasteiger partial charge on any atom is -0.478 e. The molecule has 10 heteroatoms. The molecule has 2 aromatic rings. The molecular formula is C15H21N3O4S3. The Morgan fingerprint density at radius 1 is 1.44 bits per heavy atom. The highest BCUT2D eigenvalue weighted by molar-refractivity contribution is 7.97. The molecule has 2 unspecified atom stereocenters. The van der Waals surface area contributed by atoms with Crippen molar-refractivity contribution in [2.75, 3.05) is 18.6 Å². The highest BCUT2D eigenvalue weighted by Crippen LogP contribution is 2.30. The molecule has 1 aromatic carbocycles. The molecule has 0 bridgehead atoms. The minimum absolute atomic E-state index is 0.118. The van der Waals surface area contributed by atoms with E-state index >= 15 is 0 Å². The molecule has 1 aromatic heterocycles. The zero-order valence-corrected chi connectivity index (χ0v) is 16.6. The molecule has 0 aliphatic heterocycles. The Morgan fingerprint density at radius 2 is 2.12 bits per heavy atom. The molecule has 25 heavy (non-hydrogen) atoms. The number of nitrogens with zero attached hydrogens (tertiary/aromatic N) is 1. The molecule has 4 N–H and O–H groups in total. The zero-order valence-electron chi connectivity index (χ0n) is 14.1. The molecule has 2 atom stereocenters. The Balaban J connectivity index is 0.00000151. The number of thiazole rings is 1. The van der Waals surface area contributed by atoms with E-state index in [1.807, 2.05) is 13.8 Å². The van der Waals surface area contributed by atoms with Gasteiger partial charge in [0.2, 0.25) is 5.91 Å². The Kier molecular flexibility index (Phi) is 9.04. The predicted molar refractivity (Wildman–Crippen MR) is 104 cm³/mol. The number of carbonyl (C=O) groups excluding carboxylic acids is 1. The molecule has 0 aliphatic rings. The fraction of sp³-hybridized carbons (Fsp3) is 0.400. The van der Waals surface area contributed by atoms with Gasteiger partial charge in [0.15, 0.2) is 5.25 Å². The van der Waals surface area contributed by atoms with Crippen LogP contribution >= 0.6 is 23.3 Å². The van der Waals surface area contributed by atoms with E-state index in [9.17, 15) is 13.8 Å². The van der Waals surface area contributed by atoms with Gasteiger partial charge in [0, 0.05) is 29.4 Å². The molecule has 1 amide bonds. The van der Waals surface area contributed by atoms with Crippen LogP contribution in [0.4, 0.5) is 0 Å². The van der Waals surface area contributed by atoms with Crippen LogP contribution in [0.15, 0.2) is 18.2 Å². The Morgan fingerprint density at radius 3 is 2.68 bits per heavy atom. The summed E-state index contributed by atoms with van der Waals surface area (Å²) < 4.78 is 12.7. The summed E-state index contributed by atoms with van der Waals surface area (Å²) in [5.74, 6) is -0.872. The molecule has 0 saturated heterocycles. The van der Waals surface area contributed by atoms with Crippen LogP contribution < -0.4 is 10.5 Å². The number of hydrogen-bond acceptors (Lipinski definition) is 7. The quantitative estimate of drug-likeness (QED) is 0.478. The molecule has 0 saturated carbocycles. The van der Waals surface area contributed by atoms with E-state index < -0.39 is 22.0 Å². The molecule has 0 aliphatic carbocycles. The standard InChI is InChI=1S/C13H15N3O4S3.C2H6/c1-23(20)10(11(17)15-4-5-21-14)12-16-8-6-7(13(18)19)2-3-9(8)22-12;1-2/h2-3,6,10H,4-5,14H2,1H3,(H,15,17)(H,18,19);1-2H3. The van der Waals surface area contributed by atoms with Gasteiger partial charge in [0.05, 0.1) is 15.8 Å². The molecule has 7 nitrogen and oxygen atoms in total. The topological polar surface area (TPSA) is 122 Å². The number of fused-ring (bicyclic) bond motifs is 1. The predicted octanol–water partition coefficient (Wildman–Crippen LogP) is 2.16. The average molecular weight is 404 g/mol. The minimum atomic E-state index is -1.45. The van der Waals surface area contributed by atoms with Gasteiger partial charge < -0.3 is 10.4 Å². The Labute approximate surface area is 157 Å². The number of nitrogens with two attached hydrogens (primary N) is 1. The van der Waals surface area contributed by atoms with Crippen LogP contribution in [0.2, 0.25) is 0 Å². The normalized spacial score (nSPS) is 12.8. The highest BCUT2D eigenvalue weighted by atomic mass is 32.2. The maximum absolute atomic E-state index is 12.2. The number of carboxylic acids is 1. The number of carbonyl (C=O) groups is 2. The summed E-state index contributed by atoms with van der Waals surface area (Å²) >= 11 is 2.34. The number of hydrogen-bond donors (Lipinski definition) is 3. The van der Waals surface area contributed by atoms with Crippen LogP contribution in [0.25, 0.3) is 10.2 Å². The fourth-order valence-electron chi connectivity index (χ4n) is 1.92. The summed E-state index contributed by atoms with van der Waals surface area (Å²) in [6.07, 6.45) is 1.44. The summed E-state index contributed by atoms with van der Waals surface area (Å²) in [5, 5.41) is 16.5. The molecule has 0 fully saturated rings. The molecule has 0 spiro atoms. The summed E-state index contributed by atoms with van der Waals surface area (Å²) in [4.78, 5) is 27.5. The van der Waals surface area contributed by atoms with Gasteiger partial charge in [-0.15, -0.1) is 11.3 Å². The van der Waals surface area contributed by atoms with Crippen LogP contribution in [0.3, 0.4) is 0 Å². The van der Waals surface area contributed by atoms with E-state index in [0.717, 1.165) is 16.6 Å². The first kappa shape index (κ1) is 21.6. The lowest BCUT2D eigenvalue weighted by molar-refractivity contribution is -0.120. The number of amides is 1. The van der Waals surface area contributed by atoms with Crippen molar-refractivity contribution in [1.82, 2.24) is 10.3 Å². The first-order valence-corrected chi connectivity index (χ1v) is 11.0. The van der Waals surface area contributed by atoms with Crippen LogP contribution in [0, 0.1) is 0 Å². The van der Waals surface area contributed by atoms with Crippen molar-refractivity contribution in [3.05, 3.63) is 28.8 Å². The lowest BCUT2D eigenvalue weighted by Gasteiger charge is -2.11. The van der Waals surface area contributed by atoms with Gasteiger partial charge in [0.1, 0.15) is 5.01 Å². The van der Waals surface area contributed by atoms with E-state index in [4.69, 9.17) is 10.2 Å². The number of aromatic nitrogens is 1. The van der Waals surface area contributed by atoms with E-state index in [0.29, 0.717) is 22.8 Å². The van der Waals surface area contributed by atoms with Gasteiger partial charge >= 0.3 is 5.97 Å². The molecule has 2 rings (SSSR count). The van der Waals surface area contributed by atoms with E-state index in [1.54, 1.807) is 6.07 Å². The largest absolute Gasteiger partial charge is 0.478 e. The summed E-state index contributed by atoms with van der Waals surface area (Å²) in [5.41, 5.74) is 0.596. The molecule has 1 heterocycles. The second kappa shape index (κ2) is 10.5. The molecule has 138 valence electrons. The average Bonchev–Trinajstić information content (AvgIpc) is 2.98. The number of nitrogens with one attached hydrogen (secondary N) is 1. The SMILES string of the molecule is CC.CS(=O)C(C(=O)NCCSN)c1nc2cc(C(=O)O)ccc2s1. The maximum Gasteiger partial charge on any atom is 0.335 e. The third kappa shape index (κ3) is 5.77. The first-order valence-electron chi connectivity index (χ1n) is 7.49. The van der Waals surface area contributed by atoms with Crippen LogP contribution in [-0.2, 0) is 15.6 Å². The second-order valence-electron chi connectivity index (χ2n) is 4.58. The van der Waals surface area contributed by atoms with Gasteiger partial charge in [-0.3, -0.25) is 14.1 Å². The van der Waals surface area contributed by atoms with Crippen molar-refractivity contribution in [2.45, 2.75) is 19.1 Å². The van der Waals surface area contributed by atoms with Crippen molar-refractivity contribution >= 4 is 56.2 Å². The monoisotopic (exact) mass is 403 g/mol. The van der Waals surface area contributed by atoms with Crippen molar-refractivity contribution in [2.24, 2.45) is 5.14 Å². The van der Waals surface area contributed by atoms with Crippen molar-refractivity contribution in [3.8, 4) is 0 Å². The van der Waals surface area contributed by atoms with Crippen molar-refractivity contribution in [3.63, 3.8) is 0 Å². The first-order chi connectivity index (χ1) is 11.9. The fourth-order valence-corrected chi connectivity index (χ4v) is 4.34. The van der Waals surface area contributed by atoms with Gasteiger partial charge in [-0.1, -0.05) is 25.8 Å². The molecule has 0 radical (unpaired) electrons. The summed E-state index contributed by atoms with van der Waals surface area (Å²) in [7, 11) is -1.45. The van der Waals surface area contributed by atoms with Gasteiger partial charge in [0.25, 0.3) is 0 Å². The van der Waals surface area contributed by atoms with Crippen LogP contribution in [0.1, 0.15) is 34.5 Å².